The third-order valence-corrected chi connectivity index (χ3v) is 3.47. The van der Waals surface area contributed by atoms with Crippen molar-refractivity contribution in [3.63, 3.8) is 0 Å². The molecule has 1 aromatic carbocycles. The molecule has 1 fully saturated rings. The van der Waals surface area contributed by atoms with Gasteiger partial charge >= 0.3 is 0 Å². The van der Waals surface area contributed by atoms with Crippen molar-refractivity contribution in [2.45, 2.75) is 32.1 Å². The molecule has 0 saturated heterocycles. The molecule has 2 N–H and O–H groups in total. The molecule has 0 unspecified atom stereocenters. The molecule has 0 amide bonds. The van der Waals surface area contributed by atoms with Crippen LogP contribution in [-0.4, -0.2) is 25.6 Å². The molecule has 1 aliphatic carbocycles. The molecular weight excluding hydrogens is 349 g/mol. The normalized spacial score (nSPS) is 15.1. The number of aliphatic imine (C=N–C) groups is 1. The molecule has 0 spiro atoms. The van der Waals surface area contributed by atoms with Gasteiger partial charge in [0.25, 0.3) is 0 Å². The van der Waals surface area contributed by atoms with Crippen LogP contribution >= 0.6 is 24.0 Å². The topological polar surface area (TPSA) is 36.4 Å². The van der Waals surface area contributed by atoms with Crippen molar-refractivity contribution in [1.82, 2.24) is 10.6 Å². The summed E-state index contributed by atoms with van der Waals surface area (Å²) in [6.07, 6.45) is 2.51. The summed E-state index contributed by atoms with van der Waals surface area (Å²) in [5, 5.41) is 6.55. The molecule has 2 rings (SSSR count). The van der Waals surface area contributed by atoms with Crippen LogP contribution in [0.25, 0.3) is 0 Å². The second kappa shape index (κ2) is 7.72. The van der Waals surface area contributed by atoms with Crippen LogP contribution in [0.5, 0.6) is 0 Å². The largest absolute Gasteiger partial charge is 0.357 e. The second-order valence-corrected chi connectivity index (χ2v) is 4.87. The molecule has 106 valence electrons. The third-order valence-electron chi connectivity index (χ3n) is 3.47. The average molecular weight is 373 g/mol. The van der Waals surface area contributed by atoms with Crippen LogP contribution in [0.3, 0.4) is 0 Å². The monoisotopic (exact) mass is 373 g/mol. The minimum atomic E-state index is 0. The summed E-state index contributed by atoms with van der Waals surface area (Å²) in [7, 11) is 0. The Hall–Kier alpha value is -0.780. The number of hydrogen-bond donors (Lipinski definition) is 2. The molecule has 4 heteroatoms. The maximum absolute atomic E-state index is 4.71. The summed E-state index contributed by atoms with van der Waals surface area (Å²) >= 11 is 0. The second-order valence-electron chi connectivity index (χ2n) is 4.87. The summed E-state index contributed by atoms with van der Waals surface area (Å²) in [5.74, 6) is 0.933. The van der Waals surface area contributed by atoms with Gasteiger partial charge in [-0.1, -0.05) is 30.3 Å². The Bertz CT molecular complexity index is 391. The molecule has 3 nitrogen and oxygen atoms in total. The van der Waals surface area contributed by atoms with Crippen LogP contribution in [0.4, 0.5) is 0 Å². The van der Waals surface area contributed by atoms with E-state index in [0.717, 1.165) is 25.6 Å². The number of nitrogens with zero attached hydrogens (tertiary/aromatic N) is 1. The van der Waals surface area contributed by atoms with Crippen LogP contribution in [-0.2, 0) is 5.41 Å². The van der Waals surface area contributed by atoms with Crippen molar-refractivity contribution < 1.29 is 0 Å². The third kappa shape index (κ3) is 4.37. The number of nitrogens with one attached hydrogen (secondary N) is 2. The predicted octanol–water partition coefficient (Wildman–Crippen LogP) is 2.91. The van der Waals surface area contributed by atoms with Crippen molar-refractivity contribution in [3.05, 3.63) is 35.9 Å². The SMILES string of the molecule is CCNC(=NCC1(c2ccccc2)CC1)NCC.I. The standard InChI is InChI=1S/C15H23N3.HI/c1-3-16-14(17-4-2)18-12-15(10-11-15)13-8-6-5-7-9-13;/h5-9H,3-4,10-12H2,1-2H3,(H2,16,17,18);1H. The highest BCUT2D eigenvalue weighted by atomic mass is 127. The highest BCUT2D eigenvalue weighted by molar-refractivity contribution is 14.0. The predicted molar refractivity (Wildman–Crippen MR) is 92.4 cm³/mol. The lowest BCUT2D eigenvalue weighted by Gasteiger charge is -2.15. The van der Waals surface area contributed by atoms with E-state index in [2.05, 4.69) is 54.8 Å². The molecule has 0 radical (unpaired) electrons. The molecule has 1 aliphatic rings. The van der Waals surface area contributed by atoms with E-state index in [-0.39, 0.29) is 24.0 Å². The van der Waals surface area contributed by atoms with Crippen LogP contribution in [0, 0.1) is 0 Å². The fourth-order valence-corrected chi connectivity index (χ4v) is 2.22. The Balaban J connectivity index is 0.00000180. The molecular formula is C15H24IN3. The van der Waals surface area contributed by atoms with Gasteiger partial charge in [-0.3, -0.25) is 4.99 Å². The van der Waals surface area contributed by atoms with Gasteiger partial charge in [0.15, 0.2) is 5.96 Å². The summed E-state index contributed by atoms with van der Waals surface area (Å²) in [4.78, 5) is 4.71. The number of guanidine groups is 1. The van der Waals surface area contributed by atoms with E-state index in [1.54, 1.807) is 0 Å². The van der Waals surface area contributed by atoms with Gasteiger partial charge < -0.3 is 10.6 Å². The fourth-order valence-electron chi connectivity index (χ4n) is 2.22. The molecule has 1 saturated carbocycles. The highest BCUT2D eigenvalue weighted by Gasteiger charge is 2.43. The van der Waals surface area contributed by atoms with Gasteiger partial charge in [0.1, 0.15) is 0 Å². The first-order valence-electron chi connectivity index (χ1n) is 6.88. The van der Waals surface area contributed by atoms with Gasteiger partial charge in [0, 0.05) is 18.5 Å². The smallest absolute Gasteiger partial charge is 0.191 e. The van der Waals surface area contributed by atoms with E-state index in [0.29, 0.717) is 5.41 Å². The maximum atomic E-state index is 4.71. The van der Waals surface area contributed by atoms with Gasteiger partial charge in [0.2, 0.25) is 0 Å². The number of rotatable bonds is 5. The van der Waals surface area contributed by atoms with Gasteiger partial charge in [-0.2, -0.15) is 0 Å². The zero-order chi connectivity index (χ0) is 12.8. The Kier molecular flexibility index (Phi) is 6.62. The number of benzene rings is 1. The van der Waals surface area contributed by atoms with E-state index < -0.39 is 0 Å². The lowest BCUT2D eigenvalue weighted by molar-refractivity contribution is 0.694. The van der Waals surface area contributed by atoms with E-state index >= 15 is 0 Å². The molecule has 19 heavy (non-hydrogen) atoms. The summed E-state index contributed by atoms with van der Waals surface area (Å²) in [6.45, 7) is 6.88. The Morgan fingerprint density at radius 2 is 1.68 bits per heavy atom. The first-order valence-corrected chi connectivity index (χ1v) is 6.88. The molecule has 0 atom stereocenters. The molecule has 0 heterocycles. The zero-order valence-corrected chi connectivity index (χ0v) is 14.1. The van der Waals surface area contributed by atoms with E-state index in [9.17, 15) is 0 Å². The van der Waals surface area contributed by atoms with E-state index in [1.807, 2.05) is 0 Å². The van der Waals surface area contributed by atoms with Gasteiger partial charge in [-0.05, 0) is 32.3 Å². The summed E-state index contributed by atoms with van der Waals surface area (Å²) < 4.78 is 0. The Morgan fingerprint density at radius 3 is 2.16 bits per heavy atom. The lowest BCUT2D eigenvalue weighted by Crippen LogP contribution is -2.37. The van der Waals surface area contributed by atoms with E-state index in [4.69, 9.17) is 4.99 Å². The number of halogens is 1. The summed E-state index contributed by atoms with van der Waals surface area (Å²) in [6, 6.07) is 10.8. The van der Waals surface area contributed by atoms with Crippen LogP contribution in [0.15, 0.2) is 35.3 Å². The Labute approximate surface area is 133 Å². The van der Waals surface area contributed by atoms with E-state index in [1.165, 1.54) is 18.4 Å². The van der Waals surface area contributed by atoms with Crippen LogP contribution < -0.4 is 10.6 Å². The van der Waals surface area contributed by atoms with Crippen molar-refractivity contribution in [3.8, 4) is 0 Å². The molecule has 0 aliphatic heterocycles. The van der Waals surface area contributed by atoms with Gasteiger partial charge in [-0.15, -0.1) is 24.0 Å². The lowest BCUT2D eigenvalue weighted by atomic mass is 9.96. The quantitative estimate of drug-likeness (QED) is 0.473. The van der Waals surface area contributed by atoms with Crippen LogP contribution in [0.1, 0.15) is 32.3 Å². The first-order chi connectivity index (χ1) is 8.80. The van der Waals surface area contributed by atoms with Crippen molar-refractivity contribution in [2.24, 2.45) is 4.99 Å². The fraction of sp³-hybridized carbons (Fsp3) is 0.533. The summed E-state index contributed by atoms with van der Waals surface area (Å²) in [5.41, 5.74) is 1.73. The minimum Gasteiger partial charge on any atom is -0.357 e. The zero-order valence-electron chi connectivity index (χ0n) is 11.8. The van der Waals surface area contributed by atoms with Crippen molar-refractivity contribution in [2.75, 3.05) is 19.6 Å². The average Bonchev–Trinajstić information content (AvgIpc) is 3.19. The van der Waals surface area contributed by atoms with Crippen molar-refractivity contribution in [1.29, 1.82) is 0 Å². The molecule has 0 bridgehead atoms. The first kappa shape index (κ1) is 16.3. The Morgan fingerprint density at radius 1 is 1.11 bits per heavy atom. The molecule has 1 aromatic rings. The van der Waals surface area contributed by atoms with Gasteiger partial charge in [0.05, 0.1) is 6.54 Å². The highest BCUT2D eigenvalue weighted by Crippen LogP contribution is 2.48. The minimum absolute atomic E-state index is 0. The van der Waals surface area contributed by atoms with Crippen LogP contribution in [0.2, 0.25) is 0 Å². The van der Waals surface area contributed by atoms with Crippen molar-refractivity contribution >= 4 is 29.9 Å². The number of hydrogen-bond acceptors (Lipinski definition) is 1. The maximum Gasteiger partial charge on any atom is 0.191 e. The molecule has 0 aromatic heterocycles. The van der Waals surface area contributed by atoms with Gasteiger partial charge in [-0.25, -0.2) is 0 Å².